The van der Waals surface area contributed by atoms with E-state index >= 15 is 0 Å². The van der Waals surface area contributed by atoms with Crippen LogP contribution >= 0.6 is 0 Å². The van der Waals surface area contributed by atoms with Gasteiger partial charge in [-0.05, 0) is 43.5 Å². The minimum Gasteiger partial charge on any atom is -0.494 e. The summed E-state index contributed by atoms with van der Waals surface area (Å²) in [5.74, 6) is 0.638. The molecule has 0 spiro atoms. The van der Waals surface area contributed by atoms with Gasteiger partial charge in [-0.25, -0.2) is 0 Å². The molecule has 1 aromatic rings. The zero-order valence-corrected chi connectivity index (χ0v) is 15.8. The minimum absolute atomic E-state index is 0.0273. The summed E-state index contributed by atoms with van der Waals surface area (Å²) in [5, 5.41) is 2.73. The van der Waals surface area contributed by atoms with Crippen LogP contribution in [0.4, 0.5) is 0 Å². The fourth-order valence-corrected chi connectivity index (χ4v) is 3.46. The molecule has 7 heteroatoms. The maximum Gasteiger partial charge on any atom is 0.253 e. The van der Waals surface area contributed by atoms with E-state index in [1.165, 1.54) is 0 Å². The Labute approximate surface area is 159 Å². The Balaban J connectivity index is 1.56. The van der Waals surface area contributed by atoms with Crippen molar-refractivity contribution >= 4 is 17.7 Å². The highest BCUT2D eigenvalue weighted by molar-refractivity contribution is 5.94. The number of hydrogen-bond acceptors (Lipinski definition) is 4. The van der Waals surface area contributed by atoms with Crippen molar-refractivity contribution in [1.82, 2.24) is 15.1 Å². The number of ether oxygens (including phenoxy) is 1. The van der Waals surface area contributed by atoms with Crippen molar-refractivity contribution in [3.63, 3.8) is 0 Å². The monoisotopic (exact) mass is 373 g/mol. The van der Waals surface area contributed by atoms with Crippen LogP contribution in [-0.4, -0.2) is 66.3 Å². The second-order valence-electron chi connectivity index (χ2n) is 7.00. The molecule has 1 atom stereocenters. The summed E-state index contributed by atoms with van der Waals surface area (Å²) in [6.45, 7) is 4.93. The number of benzene rings is 1. The number of hydrogen-bond donors (Lipinski definition) is 1. The van der Waals surface area contributed by atoms with Crippen LogP contribution in [0.5, 0.6) is 5.75 Å². The number of amides is 3. The fourth-order valence-electron chi connectivity index (χ4n) is 3.46. The lowest BCUT2D eigenvalue weighted by Crippen LogP contribution is -2.46. The second-order valence-corrected chi connectivity index (χ2v) is 7.00. The van der Waals surface area contributed by atoms with Gasteiger partial charge < -0.3 is 19.9 Å². The summed E-state index contributed by atoms with van der Waals surface area (Å²) in [6, 6.07) is 6.80. The summed E-state index contributed by atoms with van der Waals surface area (Å²) < 4.78 is 5.55. The lowest BCUT2D eigenvalue weighted by atomic mass is 10.2. The van der Waals surface area contributed by atoms with E-state index in [0.717, 1.165) is 18.6 Å². The average molecular weight is 373 g/mol. The van der Waals surface area contributed by atoms with Gasteiger partial charge in [0, 0.05) is 38.2 Å². The number of rotatable bonds is 5. The van der Waals surface area contributed by atoms with Crippen LogP contribution in [0.25, 0.3) is 0 Å². The van der Waals surface area contributed by atoms with E-state index in [4.69, 9.17) is 4.74 Å². The summed E-state index contributed by atoms with van der Waals surface area (Å²) >= 11 is 0. The van der Waals surface area contributed by atoms with Gasteiger partial charge in [0.15, 0.2) is 0 Å². The van der Waals surface area contributed by atoms with E-state index in [2.05, 4.69) is 5.32 Å². The molecule has 2 heterocycles. The summed E-state index contributed by atoms with van der Waals surface area (Å²) in [6.07, 6.45) is 2.64. The Morgan fingerprint density at radius 2 is 1.81 bits per heavy atom. The highest BCUT2D eigenvalue weighted by Crippen LogP contribution is 2.16. The fraction of sp³-hybridized carbons (Fsp3) is 0.550. The second kappa shape index (κ2) is 8.88. The molecule has 3 rings (SSSR count). The molecule has 0 radical (unpaired) electrons. The van der Waals surface area contributed by atoms with Gasteiger partial charge in [0.05, 0.1) is 6.61 Å². The van der Waals surface area contributed by atoms with Crippen LogP contribution in [0, 0.1) is 0 Å². The molecule has 1 N–H and O–H groups in total. The molecule has 1 aromatic carbocycles. The van der Waals surface area contributed by atoms with E-state index in [9.17, 15) is 14.4 Å². The van der Waals surface area contributed by atoms with Crippen molar-refractivity contribution in [2.45, 2.75) is 38.6 Å². The SMILES string of the molecule is CCCOc1ccc(C(=O)N2CCCN(C(=O)C3CCC(=O)N3)CC2)cc1. The van der Waals surface area contributed by atoms with Crippen molar-refractivity contribution in [2.24, 2.45) is 0 Å². The average Bonchev–Trinajstić information content (AvgIpc) is 2.98. The first-order valence-corrected chi connectivity index (χ1v) is 9.68. The molecular formula is C20H27N3O4. The van der Waals surface area contributed by atoms with Crippen LogP contribution in [0.15, 0.2) is 24.3 Å². The van der Waals surface area contributed by atoms with Crippen molar-refractivity contribution in [3.05, 3.63) is 29.8 Å². The van der Waals surface area contributed by atoms with E-state index in [1.807, 2.05) is 19.1 Å². The van der Waals surface area contributed by atoms with Gasteiger partial charge in [-0.1, -0.05) is 6.92 Å². The molecular weight excluding hydrogens is 346 g/mol. The number of nitrogens with one attached hydrogen (secondary N) is 1. The van der Waals surface area contributed by atoms with Crippen LogP contribution in [-0.2, 0) is 9.59 Å². The summed E-state index contributed by atoms with van der Waals surface area (Å²) in [4.78, 5) is 40.2. The van der Waals surface area contributed by atoms with Crippen LogP contribution in [0.3, 0.4) is 0 Å². The third-order valence-electron chi connectivity index (χ3n) is 4.96. The van der Waals surface area contributed by atoms with Gasteiger partial charge in [-0.2, -0.15) is 0 Å². The molecule has 27 heavy (non-hydrogen) atoms. The summed E-state index contributed by atoms with van der Waals surface area (Å²) in [7, 11) is 0. The standard InChI is InChI=1S/C20H27N3O4/c1-2-14-27-16-6-4-15(5-7-16)19(25)22-10-3-11-23(13-12-22)20(26)17-8-9-18(24)21-17/h4-7,17H,2-3,8-14H2,1H3,(H,21,24). The molecule has 7 nitrogen and oxygen atoms in total. The highest BCUT2D eigenvalue weighted by atomic mass is 16.5. The van der Waals surface area contributed by atoms with Crippen molar-refractivity contribution in [1.29, 1.82) is 0 Å². The number of carbonyl (C=O) groups is 3. The van der Waals surface area contributed by atoms with Crippen LogP contribution in [0.2, 0.25) is 0 Å². The topological polar surface area (TPSA) is 79.0 Å². The molecule has 2 aliphatic rings. The normalized spacial score (nSPS) is 20.2. The van der Waals surface area contributed by atoms with Gasteiger partial charge in [0.1, 0.15) is 11.8 Å². The summed E-state index contributed by atoms with van der Waals surface area (Å²) in [5.41, 5.74) is 0.627. The molecule has 146 valence electrons. The third kappa shape index (κ3) is 4.78. The molecule has 0 bridgehead atoms. The molecule has 1 unspecified atom stereocenters. The first-order valence-electron chi connectivity index (χ1n) is 9.68. The molecule has 2 fully saturated rings. The van der Waals surface area contributed by atoms with Gasteiger partial charge in [0.2, 0.25) is 11.8 Å². The lowest BCUT2D eigenvalue weighted by molar-refractivity contribution is -0.134. The van der Waals surface area contributed by atoms with Gasteiger partial charge in [-0.15, -0.1) is 0 Å². The minimum atomic E-state index is -0.407. The Hall–Kier alpha value is -2.57. The highest BCUT2D eigenvalue weighted by Gasteiger charge is 2.32. The Bertz CT molecular complexity index is 689. The molecule has 0 saturated carbocycles. The van der Waals surface area contributed by atoms with E-state index in [1.54, 1.807) is 21.9 Å². The van der Waals surface area contributed by atoms with E-state index in [0.29, 0.717) is 51.2 Å². The van der Waals surface area contributed by atoms with E-state index in [-0.39, 0.29) is 17.7 Å². The first kappa shape index (κ1) is 19.2. The molecule has 2 saturated heterocycles. The maximum atomic E-state index is 12.8. The van der Waals surface area contributed by atoms with Gasteiger partial charge >= 0.3 is 0 Å². The predicted molar refractivity (Wildman–Crippen MR) is 100 cm³/mol. The maximum absolute atomic E-state index is 12.8. The zero-order valence-electron chi connectivity index (χ0n) is 15.8. The smallest absolute Gasteiger partial charge is 0.253 e. The Morgan fingerprint density at radius 1 is 1.11 bits per heavy atom. The van der Waals surface area contributed by atoms with Crippen molar-refractivity contribution in [2.75, 3.05) is 32.8 Å². The quantitative estimate of drug-likeness (QED) is 0.847. The van der Waals surface area contributed by atoms with Crippen LogP contribution < -0.4 is 10.1 Å². The molecule has 0 aliphatic carbocycles. The van der Waals surface area contributed by atoms with Crippen LogP contribution in [0.1, 0.15) is 43.0 Å². The zero-order chi connectivity index (χ0) is 19.2. The largest absolute Gasteiger partial charge is 0.494 e. The first-order chi connectivity index (χ1) is 13.1. The van der Waals surface area contributed by atoms with Crippen molar-refractivity contribution < 1.29 is 19.1 Å². The molecule has 0 aromatic heterocycles. The number of carbonyl (C=O) groups excluding carboxylic acids is 3. The van der Waals surface area contributed by atoms with Gasteiger partial charge in [-0.3, -0.25) is 14.4 Å². The van der Waals surface area contributed by atoms with E-state index < -0.39 is 6.04 Å². The lowest BCUT2D eigenvalue weighted by Gasteiger charge is -2.24. The van der Waals surface area contributed by atoms with Gasteiger partial charge in [0.25, 0.3) is 5.91 Å². The molecule has 2 aliphatic heterocycles. The molecule has 3 amide bonds. The Morgan fingerprint density at radius 3 is 2.48 bits per heavy atom. The third-order valence-corrected chi connectivity index (χ3v) is 4.96. The predicted octanol–water partition coefficient (Wildman–Crippen LogP) is 1.43. The Kier molecular flexibility index (Phi) is 6.32. The number of nitrogens with zero attached hydrogens (tertiary/aromatic N) is 2. The van der Waals surface area contributed by atoms with Crippen molar-refractivity contribution in [3.8, 4) is 5.75 Å².